The van der Waals surface area contributed by atoms with Crippen LogP contribution >= 0.6 is 10.5 Å². The Kier molecular flexibility index (Phi) is 5.30. The molecule has 32 heavy (non-hydrogen) atoms. The SMILES string of the molecule is CC1(C)C(=O)N(c2cc(OC(F)F)ncc2F)c2cc(F)c(C(=O)NS3(C)COO3)cc21. The van der Waals surface area contributed by atoms with Crippen molar-refractivity contribution in [2.24, 2.45) is 0 Å². The fraction of sp³-hybridized carbons (Fsp3) is 0.316. The molecular formula is C19H17F4N3O5S. The number of halogens is 4. The van der Waals surface area contributed by atoms with Crippen LogP contribution in [-0.2, 0) is 19.4 Å². The summed E-state index contributed by atoms with van der Waals surface area (Å²) >= 11 is 0. The summed E-state index contributed by atoms with van der Waals surface area (Å²) in [5, 5.41) is 0. The number of pyridine rings is 1. The molecule has 3 heterocycles. The van der Waals surface area contributed by atoms with Crippen molar-refractivity contribution in [1.82, 2.24) is 9.71 Å². The van der Waals surface area contributed by atoms with Gasteiger partial charge in [-0.1, -0.05) is 0 Å². The number of nitrogens with one attached hydrogen (secondary N) is 1. The first-order valence-corrected chi connectivity index (χ1v) is 11.2. The largest absolute Gasteiger partial charge is 0.417 e. The van der Waals surface area contributed by atoms with Crippen molar-refractivity contribution in [2.75, 3.05) is 17.1 Å². The molecule has 1 N–H and O–H groups in total. The van der Waals surface area contributed by atoms with Gasteiger partial charge >= 0.3 is 6.61 Å². The van der Waals surface area contributed by atoms with Crippen LogP contribution in [0, 0.1) is 11.6 Å². The minimum Gasteiger partial charge on any atom is -0.417 e. The molecule has 4 rings (SSSR count). The first kappa shape index (κ1) is 22.3. The predicted octanol–water partition coefficient (Wildman–Crippen LogP) is 3.83. The van der Waals surface area contributed by atoms with Gasteiger partial charge in [-0.25, -0.2) is 18.7 Å². The lowest BCUT2D eigenvalue weighted by Crippen LogP contribution is -2.37. The summed E-state index contributed by atoms with van der Waals surface area (Å²) in [7, 11) is -2.03. The monoisotopic (exact) mass is 475 g/mol. The summed E-state index contributed by atoms with van der Waals surface area (Å²) in [6, 6.07) is 2.94. The van der Waals surface area contributed by atoms with Crippen LogP contribution < -0.4 is 14.4 Å². The predicted molar refractivity (Wildman–Crippen MR) is 105 cm³/mol. The van der Waals surface area contributed by atoms with Crippen molar-refractivity contribution < 1.29 is 41.1 Å². The number of alkyl halides is 2. The number of carbonyl (C=O) groups excluding carboxylic acids is 2. The maximum atomic E-state index is 14.9. The molecule has 2 amide bonds. The Morgan fingerprint density at radius 3 is 2.53 bits per heavy atom. The van der Waals surface area contributed by atoms with Crippen LogP contribution in [0.2, 0.25) is 0 Å². The normalized spacial score (nSPS) is 23.4. The molecule has 1 aromatic carbocycles. The highest BCUT2D eigenvalue weighted by atomic mass is 32.3. The molecule has 1 fully saturated rings. The zero-order valence-corrected chi connectivity index (χ0v) is 17.8. The molecule has 0 spiro atoms. The maximum Gasteiger partial charge on any atom is 0.388 e. The average Bonchev–Trinajstić information content (AvgIpc) is 2.86. The molecule has 1 saturated heterocycles. The Balaban J connectivity index is 1.78. The van der Waals surface area contributed by atoms with Crippen molar-refractivity contribution in [1.29, 1.82) is 0 Å². The van der Waals surface area contributed by atoms with E-state index >= 15 is 0 Å². The van der Waals surface area contributed by atoms with Gasteiger partial charge in [0.2, 0.25) is 11.8 Å². The second-order valence-electron chi connectivity index (χ2n) is 7.71. The number of benzene rings is 1. The Morgan fingerprint density at radius 2 is 1.94 bits per heavy atom. The van der Waals surface area contributed by atoms with Gasteiger partial charge in [-0.3, -0.25) is 19.2 Å². The molecule has 1 atom stereocenters. The number of nitrogens with zero attached hydrogens (tertiary/aromatic N) is 2. The number of rotatable bonds is 5. The van der Waals surface area contributed by atoms with Crippen LogP contribution in [0.25, 0.3) is 0 Å². The molecule has 0 bridgehead atoms. The zero-order valence-electron chi connectivity index (χ0n) is 16.9. The molecule has 0 aliphatic carbocycles. The minimum absolute atomic E-state index is 0.0380. The minimum atomic E-state index is -3.22. The smallest absolute Gasteiger partial charge is 0.388 e. The third-order valence-electron chi connectivity index (χ3n) is 5.02. The van der Waals surface area contributed by atoms with E-state index in [-0.39, 0.29) is 22.8 Å². The Morgan fingerprint density at radius 1 is 1.25 bits per heavy atom. The number of amides is 2. The van der Waals surface area contributed by atoms with E-state index < -0.39 is 57.5 Å². The highest BCUT2D eigenvalue weighted by Crippen LogP contribution is 2.50. The van der Waals surface area contributed by atoms with Crippen molar-refractivity contribution in [3.63, 3.8) is 0 Å². The van der Waals surface area contributed by atoms with Gasteiger partial charge in [0, 0.05) is 22.8 Å². The number of hydrogen-bond acceptors (Lipinski definition) is 6. The van der Waals surface area contributed by atoms with Gasteiger partial charge in [0.25, 0.3) is 5.91 Å². The second-order valence-corrected chi connectivity index (χ2v) is 10.3. The lowest BCUT2D eigenvalue weighted by Gasteiger charge is -2.40. The van der Waals surface area contributed by atoms with Crippen molar-refractivity contribution in [3.05, 3.63) is 47.2 Å². The number of carbonyl (C=O) groups is 2. The third-order valence-corrected chi connectivity index (χ3v) is 6.58. The first-order valence-electron chi connectivity index (χ1n) is 9.11. The molecule has 2 aliphatic rings. The van der Waals surface area contributed by atoms with Crippen LogP contribution in [0.15, 0.2) is 24.4 Å². The van der Waals surface area contributed by atoms with Gasteiger partial charge in [-0.15, -0.1) is 0 Å². The zero-order chi connectivity index (χ0) is 23.4. The van der Waals surface area contributed by atoms with E-state index in [2.05, 4.69) is 19.3 Å². The fourth-order valence-corrected chi connectivity index (χ4v) is 4.37. The number of anilines is 2. The standard InChI is InChI=1S/C19H17F4N3O5S/c1-19(2)10-4-9(16(27)25-32(3)8-29-31-32)11(20)5-13(10)26(17(19)28)14-6-15(30-18(22)23)24-7-12(14)21/h4-7,18H,8H2,1-3H3,(H,25,27). The summed E-state index contributed by atoms with van der Waals surface area (Å²) in [6.07, 6.45) is 2.23. The average molecular weight is 475 g/mol. The topological polar surface area (TPSA) is 90.0 Å². The molecule has 2 aromatic rings. The van der Waals surface area contributed by atoms with Crippen LogP contribution in [0.3, 0.4) is 0 Å². The van der Waals surface area contributed by atoms with Crippen molar-refractivity contribution in [2.45, 2.75) is 25.9 Å². The van der Waals surface area contributed by atoms with Crippen LogP contribution in [0.5, 0.6) is 5.88 Å². The van der Waals surface area contributed by atoms with E-state index in [0.717, 1.165) is 17.0 Å². The second kappa shape index (κ2) is 7.60. The van der Waals surface area contributed by atoms with Gasteiger partial charge in [-0.05, 0) is 31.5 Å². The number of hydrogen-bond donors (Lipinski definition) is 1. The number of ether oxygens (including phenoxy) is 1. The van der Waals surface area contributed by atoms with E-state index in [1.807, 2.05) is 0 Å². The summed E-state index contributed by atoms with van der Waals surface area (Å²) in [5.74, 6) is -3.89. The highest BCUT2D eigenvalue weighted by molar-refractivity contribution is 8.28. The molecule has 1 unspecified atom stereocenters. The molecular weight excluding hydrogens is 458 g/mol. The molecule has 13 heteroatoms. The maximum absolute atomic E-state index is 14.9. The van der Waals surface area contributed by atoms with E-state index in [0.29, 0.717) is 6.20 Å². The molecule has 0 saturated carbocycles. The molecule has 2 aliphatic heterocycles. The quantitative estimate of drug-likeness (QED) is 0.522. The lowest BCUT2D eigenvalue weighted by atomic mass is 9.85. The van der Waals surface area contributed by atoms with Crippen LogP contribution in [0.4, 0.5) is 28.9 Å². The summed E-state index contributed by atoms with van der Waals surface area (Å²) < 4.78 is 66.2. The Labute approximate surface area is 181 Å². The van der Waals surface area contributed by atoms with Gasteiger partial charge in [0.15, 0.2) is 11.8 Å². The van der Waals surface area contributed by atoms with Gasteiger partial charge < -0.3 is 4.74 Å². The first-order chi connectivity index (χ1) is 14.9. The van der Waals surface area contributed by atoms with Gasteiger partial charge in [-0.2, -0.15) is 13.1 Å². The summed E-state index contributed by atoms with van der Waals surface area (Å²) in [6.45, 7) is -0.191. The fourth-order valence-electron chi connectivity index (χ4n) is 3.39. The van der Waals surface area contributed by atoms with E-state index in [4.69, 9.17) is 4.33 Å². The van der Waals surface area contributed by atoms with Gasteiger partial charge in [0.1, 0.15) is 5.82 Å². The summed E-state index contributed by atoms with van der Waals surface area (Å²) in [4.78, 5) is 34.6. The van der Waals surface area contributed by atoms with Crippen LogP contribution in [0.1, 0.15) is 29.8 Å². The Bertz CT molecular complexity index is 1130. The third kappa shape index (κ3) is 3.65. The van der Waals surface area contributed by atoms with E-state index in [1.165, 1.54) is 19.9 Å². The number of fused-ring (bicyclic) bond motifs is 1. The highest BCUT2D eigenvalue weighted by Gasteiger charge is 2.47. The molecule has 172 valence electrons. The van der Waals surface area contributed by atoms with Crippen molar-refractivity contribution >= 4 is 33.7 Å². The molecule has 0 radical (unpaired) electrons. The van der Waals surface area contributed by atoms with Crippen LogP contribution in [-0.4, -0.2) is 35.6 Å². The van der Waals surface area contributed by atoms with E-state index in [9.17, 15) is 27.2 Å². The lowest BCUT2D eigenvalue weighted by molar-refractivity contribution is -0.221. The van der Waals surface area contributed by atoms with Crippen molar-refractivity contribution in [3.8, 4) is 5.88 Å². The Hall–Kier alpha value is -2.90. The molecule has 8 nitrogen and oxygen atoms in total. The van der Waals surface area contributed by atoms with E-state index in [1.54, 1.807) is 6.26 Å². The summed E-state index contributed by atoms with van der Waals surface area (Å²) in [5.41, 5.74) is -1.87. The molecule has 1 aromatic heterocycles. The number of aromatic nitrogens is 1. The van der Waals surface area contributed by atoms with Gasteiger partial charge in [0.05, 0.1) is 28.6 Å².